The predicted molar refractivity (Wildman–Crippen MR) is 47.2 cm³/mol. The number of ether oxygens (including phenoxy) is 1. The highest BCUT2D eigenvalue weighted by atomic mass is 16.5. The normalized spacial score (nSPS) is 11.3. The highest BCUT2D eigenvalue weighted by molar-refractivity contribution is 5.06. The fourth-order valence-corrected chi connectivity index (χ4v) is 0.747. The Bertz CT molecular complexity index is 248. The van der Waals surface area contributed by atoms with Crippen LogP contribution in [0.1, 0.15) is 26.5 Å². The third-order valence-corrected chi connectivity index (χ3v) is 1.17. The van der Waals surface area contributed by atoms with E-state index >= 15 is 0 Å². The predicted octanol–water partition coefficient (Wildman–Crippen LogP) is 1.96. The number of hydrogen-bond donors (Lipinski definition) is 0. The summed E-state index contributed by atoms with van der Waals surface area (Å²) < 4.78 is 5.48. The number of rotatable bonds is 1. The Hall–Kier alpha value is -1.12. The molecular formula is C9H14N2O. The summed E-state index contributed by atoms with van der Waals surface area (Å²) in [6.07, 6.45) is 3.33. The molecule has 66 valence electrons. The van der Waals surface area contributed by atoms with Gasteiger partial charge < -0.3 is 4.74 Å². The van der Waals surface area contributed by atoms with Crippen LogP contribution in [0.4, 0.5) is 0 Å². The molecule has 3 heteroatoms. The van der Waals surface area contributed by atoms with E-state index < -0.39 is 0 Å². The van der Waals surface area contributed by atoms with Gasteiger partial charge in [-0.25, -0.2) is 4.98 Å². The lowest BCUT2D eigenvalue weighted by molar-refractivity contribution is 0.123. The van der Waals surface area contributed by atoms with Gasteiger partial charge in [0, 0.05) is 0 Å². The molecule has 0 bridgehead atoms. The van der Waals surface area contributed by atoms with Crippen LogP contribution in [-0.4, -0.2) is 15.6 Å². The molecule has 0 aliphatic heterocycles. The zero-order valence-electron chi connectivity index (χ0n) is 7.96. The maximum atomic E-state index is 5.48. The molecule has 0 fully saturated rings. The molecule has 0 spiro atoms. The van der Waals surface area contributed by atoms with Crippen LogP contribution in [0.3, 0.4) is 0 Å². The van der Waals surface area contributed by atoms with Crippen molar-refractivity contribution in [3.8, 4) is 5.88 Å². The average molecular weight is 166 g/mol. The van der Waals surface area contributed by atoms with Gasteiger partial charge in [0.25, 0.3) is 0 Å². The van der Waals surface area contributed by atoms with Crippen molar-refractivity contribution in [1.29, 1.82) is 0 Å². The molecule has 0 amide bonds. The standard InChI is InChI=1S/C9H14N2O/c1-7-5-11-8(6-10-7)12-9(2,3)4/h5-6H,1-4H3. The van der Waals surface area contributed by atoms with Crippen LogP contribution < -0.4 is 4.74 Å². The van der Waals surface area contributed by atoms with Crippen LogP contribution >= 0.6 is 0 Å². The maximum absolute atomic E-state index is 5.48. The molecule has 1 aromatic heterocycles. The summed E-state index contributed by atoms with van der Waals surface area (Å²) in [7, 11) is 0. The van der Waals surface area contributed by atoms with Crippen molar-refractivity contribution in [2.24, 2.45) is 0 Å². The summed E-state index contributed by atoms with van der Waals surface area (Å²) in [5.41, 5.74) is 0.695. The molecule has 0 radical (unpaired) electrons. The second kappa shape index (κ2) is 3.09. The molecule has 1 heterocycles. The Labute approximate surface area is 72.8 Å². The van der Waals surface area contributed by atoms with Gasteiger partial charge in [0.05, 0.1) is 18.1 Å². The van der Waals surface area contributed by atoms with E-state index in [0.717, 1.165) is 5.69 Å². The Morgan fingerprint density at radius 2 is 1.83 bits per heavy atom. The van der Waals surface area contributed by atoms with Gasteiger partial charge in [0.2, 0.25) is 5.88 Å². The number of nitrogens with zero attached hydrogens (tertiary/aromatic N) is 2. The van der Waals surface area contributed by atoms with Crippen molar-refractivity contribution in [1.82, 2.24) is 9.97 Å². The van der Waals surface area contributed by atoms with Crippen molar-refractivity contribution in [3.05, 3.63) is 18.1 Å². The third kappa shape index (κ3) is 2.86. The topological polar surface area (TPSA) is 35.0 Å². The van der Waals surface area contributed by atoms with Crippen LogP contribution in [0.15, 0.2) is 12.4 Å². The fourth-order valence-electron chi connectivity index (χ4n) is 0.747. The second-order valence-electron chi connectivity index (χ2n) is 3.71. The van der Waals surface area contributed by atoms with E-state index in [0.29, 0.717) is 5.88 Å². The van der Waals surface area contributed by atoms with E-state index in [2.05, 4.69) is 9.97 Å². The van der Waals surface area contributed by atoms with Crippen molar-refractivity contribution in [2.75, 3.05) is 0 Å². The van der Waals surface area contributed by atoms with E-state index in [-0.39, 0.29) is 5.60 Å². The number of aryl methyl sites for hydroxylation is 1. The summed E-state index contributed by atoms with van der Waals surface area (Å²) in [6.45, 7) is 7.84. The Morgan fingerprint density at radius 3 is 2.25 bits per heavy atom. The first kappa shape index (κ1) is 8.97. The third-order valence-electron chi connectivity index (χ3n) is 1.17. The molecule has 0 aromatic carbocycles. The average Bonchev–Trinajstić information content (AvgIpc) is 1.91. The second-order valence-corrected chi connectivity index (χ2v) is 3.71. The van der Waals surface area contributed by atoms with Crippen LogP contribution in [0.2, 0.25) is 0 Å². The Morgan fingerprint density at radius 1 is 1.17 bits per heavy atom. The minimum atomic E-state index is -0.204. The minimum Gasteiger partial charge on any atom is -0.471 e. The van der Waals surface area contributed by atoms with Gasteiger partial charge in [-0.05, 0) is 27.7 Å². The number of hydrogen-bond acceptors (Lipinski definition) is 3. The first-order chi connectivity index (χ1) is 5.47. The fraction of sp³-hybridized carbons (Fsp3) is 0.556. The molecule has 1 rings (SSSR count). The van der Waals surface area contributed by atoms with E-state index in [1.165, 1.54) is 0 Å². The van der Waals surface area contributed by atoms with Crippen LogP contribution in [0, 0.1) is 6.92 Å². The smallest absolute Gasteiger partial charge is 0.232 e. The molecule has 0 saturated heterocycles. The SMILES string of the molecule is Cc1cnc(OC(C)(C)C)cn1. The lowest BCUT2D eigenvalue weighted by Crippen LogP contribution is -2.23. The lowest BCUT2D eigenvalue weighted by Gasteiger charge is -2.19. The van der Waals surface area contributed by atoms with Crippen molar-refractivity contribution in [2.45, 2.75) is 33.3 Å². The van der Waals surface area contributed by atoms with E-state index in [1.807, 2.05) is 27.7 Å². The van der Waals surface area contributed by atoms with Gasteiger partial charge in [0.1, 0.15) is 5.60 Å². The van der Waals surface area contributed by atoms with Gasteiger partial charge in [0.15, 0.2) is 0 Å². The highest BCUT2D eigenvalue weighted by Gasteiger charge is 2.12. The molecule has 3 nitrogen and oxygen atoms in total. The van der Waals surface area contributed by atoms with Gasteiger partial charge >= 0.3 is 0 Å². The maximum Gasteiger partial charge on any atom is 0.232 e. The van der Waals surface area contributed by atoms with E-state index in [4.69, 9.17) is 4.74 Å². The summed E-state index contributed by atoms with van der Waals surface area (Å²) in [5.74, 6) is 0.577. The molecule has 0 aliphatic rings. The molecule has 12 heavy (non-hydrogen) atoms. The van der Waals surface area contributed by atoms with Crippen LogP contribution in [0.5, 0.6) is 5.88 Å². The monoisotopic (exact) mass is 166 g/mol. The Kier molecular flexibility index (Phi) is 2.31. The summed E-state index contributed by atoms with van der Waals surface area (Å²) in [4.78, 5) is 8.15. The van der Waals surface area contributed by atoms with E-state index in [1.54, 1.807) is 12.4 Å². The highest BCUT2D eigenvalue weighted by Crippen LogP contribution is 2.13. The zero-order chi connectivity index (χ0) is 9.19. The van der Waals surface area contributed by atoms with Crippen LogP contribution in [-0.2, 0) is 0 Å². The molecule has 0 N–H and O–H groups in total. The van der Waals surface area contributed by atoms with Crippen molar-refractivity contribution < 1.29 is 4.74 Å². The first-order valence-corrected chi connectivity index (χ1v) is 3.95. The molecule has 0 atom stereocenters. The quantitative estimate of drug-likeness (QED) is 0.639. The summed E-state index contributed by atoms with van der Waals surface area (Å²) >= 11 is 0. The van der Waals surface area contributed by atoms with Crippen LogP contribution in [0.25, 0.3) is 0 Å². The molecular weight excluding hydrogens is 152 g/mol. The van der Waals surface area contributed by atoms with Crippen molar-refractivity contribution >= 4 is 0 Å². The minimum absolute atomic E-state index is 0.204. The van der Waals surface area contributed by atoms with Crippen molar-refractivity contribution in [3.63, 3.8) is 0 Å². The van der Waals surface area contributed by atoms with Gasteiger partial charge in [-0.1, -0.05) is 0 Å². The zero-order valence-corrected chi connectivity index (χ0v) is 7.96. The molecule has 0 unspecified atom stereocenters. The van der Waals surface area contributed by atoms with Gasteiger partial charge in [-0.2, -0.15) is 0 Å². The molecule has 1 aromatic rings. The lowest BCUT2D eigenvalue weighted by atomic mass is 10.2. The first-order valence-electron chi connectivity index (χ1n) is 3.95. The largest absolute Gasteiger partial charge is 0.471 e. The summed E-state index contributed by atoms with van der Waals surface area (Å²) in [6, 6.07) is 0. The van der Waals surface area contributed by atoms with E-state index in [9.17, 15) is 0 Å². The Balaban J connectivity index is 2.71. The molecule has 0 saturated carbocycles. The van der Waals surface area contributed by atoms with Gasteiger partial charge in [-0.3, -0.25) is 4.98 Å². The summed E-state index contributed by atoms with van der Waals surface area (Å²) in [5, 5.41) is 0. The van der Waals surface area contributed by atoms with Gasteiger partial charge in [-0.15, -0.1) is 0 Å². The number of aromatic nitrogens is 2. The molecule has 0 aliphatic carbocycles.